The first-order chi connectivity index (χ1) is 11.8. The number of guanidine groups is 1. The van der Waals surface area contributed by atoms with Gasteiger partial charge in [-0.15, -0.1) is 24.0 Å². The van der Waals surface area contributed by atoms with Crippen LogP contribution in [0, 0.1) is 5.41 Å². The lowest BCUT2D eigenvalue weighted by Gasteiger charge is -2.27. The third-order valence-electron chi connectivity index (χ3n) is 4.65. The van der Waals surface area contributed by atoms with Crippen LogP contribution in [0.5, 0.6) is 0 Å². The highest BCUT2D eigenvalue weighted by molar-refractivity contribution is 14.0. The van der Waals surface area contributed by atoms with E-state index in [1.165, 1.54) is 24.8 Å². The van der Waals surface area contributed by atoms with Crippen molar-refractivity contribution in [2.75, 3.05) is 53.5 Å². The van der Waals surface area contributed by atoms with Crippen molar-refractivity contribution in [3.8, 4) is 0 Å². The van der Waals surface area contributed by atoms with Crippen LogP contribution in [0.15, 0.2) is 4.99 Å². The molecule has 1 aliphatic carbocycles. The number of nitrogens with one attached hydrogen (secondary N) is 2. The molecule has 0 atom stereocenters. The zero-order valence-electron chi connectivity index (χ0n) is 16.1. The molecule has 0 aromatic carbocycles. The van der Waals surface area contributed by atoms with Crippen molar-refractivity contribution in [1.29, 1.82) is 0 Å². The fraction of sp³-hybridized carbons (Fsp3) is 0.941. The average molecular weight is 494 g/mol. The third kappa shape index (κ3) is 10.8. The molecule has 2 N–H and O–H groups in total. The van der Waals surface area contributed by atoms with E-state index in [9.17, 15) is 13.2 Å². The Kier molecular flexibility index (Phi) is 12.8. The van der Waals surface area contributed by atoms with E-state index in [-0.39, 0.29) is 29.4 Å². The zero-order valence-corrected chi connectivity index (χ0v) is 18.5. The van der Waals surface area contributed by atoms with Gasteiger partial charge in [-0.3, -0.25) is 9.89 Å². The molecule has 0 aliphatic heterocycles. The summed E-state index contributed by atoms with van der Waals surface area (Å²) in [6.45, 7) is 3.98. The molecule has 0 heterocycles. The summed E-state index contributed by atoms with van der Waals surface area (Å²) in [7, 11) is 3.19. The van der Waals surface area contributed by atoms with Gasteiger partial charge < -0.3 is 15.4 Å². The minimum Gasteiger partial charge on any atom is -0.385 e. The maximum Gasteiger partial charge on any atom is 0.401 e. The molecule has 0 unspecified atom stereocenters. The summed E-state index contributed by atoms with van der Waals surface area (Å²) in [6.07, 6.45) is 1.61. The van der Waals surface area contributed by atoms with Gasteiger partial charge in [0, 0.05) is 39.9 Å². The van der Waals surface area contributed by atoms with Gasteiger partial charge in [0.25, 0.3) is 0 Å². The van der Waals surface area contributed by atoms with Crippen LogP contribution in [0.25, 0.3) is 0 Å². The normalized spacial score (nSPS) is 17.3. The lowest BCUT2D eigenvalue weighted by molar-refractivity contribution is -0.142. The second-order valence-electron chi connectivity index (χ2n) is 6.92. The fourth-order valence-corrected chi connectivity index (χ4v) is 3.27. The zero-order chi connectivity index (χ0) is 18.8. The predicted molar refractivity (Wildman–Crippen MR) is 110 cm³/mol. The Morgan fingerprint density at radius 2 is 1.88 bits per heavy atom. The van der Waals surface area contributed by atoms with E-state index in [4.69, 9.17) is 9.73 Å². The largest absolute Gasteiger partial charge is 0.401 e. The second-order valence-corrected chi connectivity index (χ2v) is 6.92. The topological polar surface area (TPSA) is 48.9 Å². The third-order valence-corrected chi connectivity index (χ3v) is 4.65. The van der Waals surface area contributed by atoms with Crippen molar-refractivity contribution >= 4 is 29.9 Å². The van der Waals surface area contributed by atoms with Crippen molar-refractivity contribution < 1.29 is 17.9 Å². The van der Waals surface area contributed by atoms with Gasteiger partial charge in [-0.2, -0.15) is 13.2 Å². The summed E-state index contributed by atoms with van der Waals surface area (Å²) >= 11 is 0. The maximum atomic E-state index is 12.3. The number of ether oxygens (including phenoxy) is 1. The fourth-order valence-electron chi connectivity index (χ4n) is 3.27. The van der Waals surface area contributed by atoms with Crippen LogP contribution < -0.4 is 10.6 Å². The van der Waals surface area contributed by atoms with Crippen molar-refractivity contribution in [2.45, 2.75) is 45.2 Å². The van der Waals surface area contributed by atoms with Gasteiger partial charge in [0.2, 0.25) is 0 Å². The van der Waals surface area contributed by atoms with E-state index in [0.717, 1.165) is 39.0 Å². The number of hydrogen-bond acceptors (Lipinski definition) is 3. The molecule has 1 saturated carbocycles. The Morgan fingerprint density at radius 1 is 1.23 bits per heavy atom. The summed E-state index contributed by atoms with van der Waals surface area (Å²) in [6, 6.07) is 0. The highest BCUT2D eigenvalue weighted by atomic mass is 127. The van der Waals surface area contributed by atoms with Crippen molar-refractivity contribution in [1.82, 2.24) is 15.5 Å². The minimum atomic E-state index is -4.16. The van der Waals surface area contributed by atoms with Gasteiger partial charge >= 0.3 is 6.18 Å². The molecule has 0 aromatic heterocycles. The molecule has 0 spiro atoms. The number of rotatable bonds is 10. The van der Waals surface area contributed by atoms with E-state index < -0.39 is 12.7 Å². The monoisotopic (exact) mass is 494 g/mol. The molecule has 1 fully saturated rings. The summed E-state index contributed by atoms with van der Waals surface area (Å²) in [5.74, 6) is 0.673. The van der Waals surface area contributed by atoms with E-state index in [2.05, 4.69) is 10.6 Å². The summed E-state index contributed by atoms with van der Waals surface area (Å²) in [4.78, 5) is 5.95. The van der Waals surface area contributed by atoms with Gasteiger partial charge in [-0.05, 0) is 38.6 Å². The molecule has 26 heavy (non-hydrogen) atoms. The molecule has 1 aliphatic rings. The van der Waals surface area contributed by atoms with E-state index in [1.54, 1.807) is 7.11 Å². The number of halogens is 4. The molecule has 156 valence electrons. The van der Waals surface area contributed by atoms with Crippen LogP contribution in [-0.4, -0.2) is 70.5 Å². The molecular weight excluding hydrogens is 460 g/mol. The second kappa shape index (κ2) is 13.0. The molecule has 0 aromatic rings. The lowest BCUT2D eigenvalue weighted by atomic mass is 9.83. The van der Waals surface area contributed by atoms with Crippen LogP contribution >= 0.6 is 24.0 Å². The minimum absolute atomic E-state index is 0. The number of methoxy groups -OCH3 is 1. The summed E-state index contributed by atoms with van der Waals surface area (Å²) < 4.78 is 42.3. The first-order valence-electron chi connectivity index (χ1n) is 9.07. The van der Waals surface area contributed by atoms with Crippen LogP contribution in [0.4, 0.5) is 13.2 Å². The first-order valence-corrected chi connectivity index (χ1v) is 9.07. The highest BCUT2D eigenvalue weighted by Gasteiger charge is 2.33. The van der Waals surface area contributed by atoms with Gasteiger partial charge in [0.1, 0.15) is 0 Å². The number of likely N-dealkylation sites (N-methyl/N-ethyl adjacent to an activating group) is 1. The summed E-state index contributed by atoms with van der Waals surface area (Å²) in [5, 5.41) is 6.30. The van der Waals surface area contributed by atoms with E-state index in [1.807, 2.05) is 6.92 Å². The van der Waals surface area contributed by atoms with Gasteiger partial charge in [0.05, 0.1) is 6.54 Å². The van der Waals surface area contributed by atoms with E-state index >= 15 is 0 Å². The Labute approximate surface area is 172 Å². The quantitative estimate of drug-likeness (QED) is 0.278. The van der Waals surface area contributed by atoms with Crippen LogP contribution in [0.1, 0.15) is 39.0 Å². The molecule has 0 radical (unpaired) electrons. The molecule has 9 heteroatoms. The molecule has 1 rings (SSSR count). The standard InChI is InChI=1S/C17H33F3N4O.HI/c1-4-21-15(22-10-11-24(2)14-17(18,19)20)23-13-16(9-12-25-3)7-5-6-8-16;/h4-14H2,1-3H3,(H2,21,22,23);1H. The smallest absolute Gasteiger partial charge is 0.385 e. The SMILES string of the molecule is CCNC(=NCC1(CCOC)CCCC1)NCCN(C)CC(F)(F)F.I. The van der Waals surface area contributed by atoms with Crippen LogP contribution in [0.3, 0.4) is 0 Å². The molecule has 5 nitrogen and oxygen atoms in total. The number of nitrogens with zero attached hydrogens (tertiary/aromatic N) is 2. The van der Waals surface area contributed by atoms with Gasteiger partial charge in [-0.25, -0.2) is 0 Å². The van der Waals surface area contributed by atoms with E-state index in [0.29, 0.717) is 19.0 Å². The predicted octanol–water partition coefficient (Wildman–Crippen LogP) is 3.25. The van der Waals surface area contributed by atoms with Gasteiger partial charge in [0.15, 0.2) is 5.96 Å². The molecule has 0 bridgehead atoms. The molecule has 0 saturated heterocycles. The Morgan fingerprint density at radius 3 is 2.42 bits per heavy atom. The molecule has 0 amide bonds. The molecular formula is C17H34F3IN4O. The maximum absolute atomic E-state index is 12.3. The average Bonchev–Trinajstić information content (AvgIpc) is 2.98. The Balaban J connectivity index is 0.00000625. The van der Waals surface area contributed by atoms with Gasteiger partial charge in [-0.1, -0.05) is 12.8 Å². The highest BCUT2D eigenvalue weighted by Crippen LogP contribution is 2.41. The van der Waals surface area contributed by atoms with Crippen LogP contribution in [-0.2, 0) is 4.74 Å². The first kappa shape index (κ1) is 25.7. The Hall–Kier alpha value is -0.290. The van der Waals surface area contributed by atoms with Crippen molar-refractivity contribution in [3.63, 3.8) is 0 Å². The van der Waals surface area contributed by atoms with Crippen molar-refractivity contribution in [2.24, 2.45) is 10.4 Å². The number of aliphatic imine (C=N–C) groups is 1. The number of hydrogen-bond donors (Lipinski definition) is 2. The Bertz CT molecular complexity index is 402. The number of alkyl halides is 3. The summed E-state index contributed by atoms with van der Waals surface area (Å²) in [5.41, 5.74) is 0.200. The lowest BCUT2D eigenvalue weighted by Crippen LogP contribution is -2.43. The van der Waals surface area contributed by atoms with Crippen molar-refractivity contribution in [3.05, 3.63) is 0 Å². The van der Waals surface area contributed by atoms with Crippen LogP contribution in [0.2, 0.25) is 0 Å².